The zero-order valence-electron chi connectivity index (χ0n) is 15.2. The van der Waals surface area contributed by atoms with E-state index in [9.17, 15) is 4.79 Å². The van der Waals surface area contributed by atoms with Crippen molar-refractivity contribution < 1.29 is 9.53 Å². The van der Waals surface area contributed by atoms with E-state index in [0.717, 1.165) is 38.1 Å². The third-order valence-electron chi connectivity index (χ3n) is 4.73. The predicted molar refractivity (Wildman–Crippen MR) is 108 cm³/mol. The number of nitrogens with zero attached hydrogens (tertiary/aromatic N) is 2. The second-order valence-electron chi connectivity index (χ2n) is 7.18. The number of likely N-dealkylation sites (N-methyl/N-ethyl adjacent to an activating group) is 1. The molecule has 1 saturated carbocycles. The summed E-state index contributed by atoms with van der Waals surface area (Å²) in [5.74, 6) is 2.09. The van der Waals surface area contributed by atoms with E-state index in [4.69, 9.17) is 4.74 Å². The van der Waals surface area contributed by atoms with Crippen LogP contribution < -0.4 is 10.6 Å². The van der Waals surface area contributed by atoms with Crippen LogP contribution in [0.3, 0.4) is 0 Å². The molecule has 0 aromatic heterocycles. The van der Waals surface area contributed by atoms with E-state index < -0.39 is 0 Å². The molecule has 1 aliphatic carbocycles. The number of aliphatic imine (C=N–C) groups is 1. The molecule has 2 N–H and O–H groups in total. The van der Waals surface area contributed by atoms with Crippen LogP contribution in [-0.2, 0) is 9.53 Å². The van der Waals surface area contributed by atoms with Gasteiger partial charge in [0.25, 0.3) is 0 Å². The van der Waals surface area contributed by atoms with Gasteiger partial charge in [-0.2, -0.15) is 0 Å². The molecule has 0 bridgehead atoms. The molecule has 1 aliphatic heterocycles. The Balaban J connectivity index is 0.00000288. The van der Waals surface area contributed by atoms with Crippen molar-refractivity contribution in [1.29, 1.82) is 0 Å². The van der Waals surface area contributed by atoms with Crippen LogP contribution >= 0.6 is 24.0 Å². The van der Waals surface area contributed by atoms with Gasteiger partial charge in [-0.05, 0) is 25.2 Å². The number of nitrogens with one attached hydrogen (secondary N) is 2. The fraction of sp³-hybridized carbons (Fsp3) is 0.882. The maximum Gasteiger partial charge on any atom is 0.243 e. The molecule has 2 aliphatic rings. The summed E-state index contributed by atoms with van der Waals surface area (Å²) in [5.41, 5.74) is 0. The minimum Gasteiger partial charge on any atom is -0.381 e. The number of hydrogen-bond donors (Lipinski definition) is 2. The highest BCUT2D eigenvalue weighted by molar-refractivity contribution is 14.0. The molecule has 1 amide bonds. The zero-order chi connectivity index (χ0) is 16.7. The van der Waals surface area contributed by atoms with Gasteiger partial charge in [0, 0.05) is 39.2 Å². The van der Waals surface area contributed by atoms with E-state index in [0.29, 0.717) is 12.0 Å². The fourth-order valence-corrected chi connectivity index (χ4v) is 3.18. The third kappa shape index (κ3) is 7.55. The van der Waals surface area contributed by atoms with E-state index in [1.807, 2.05) is 0 Å². The normalized spacial score (nSPS) is 27.3. The minimum absolute atomic E-state index is 0. The lowest BCUT2D eigenvalue weighted by Crippen LogP contribution is -2.47. The quantitative estimate of drug-likeness (QED) is 0.380. The van der Waals surface area contributed by atoms with Gasteiger partial charge in [0.1, 0.15) is 6.54 Å². The van der Waals surface area contributed by atoms with Crippen LogP contribution in [0.1, 0.15) is 39.0 Å². The Morgan fingerprint density at radius 1 is 1.29 bits per heavy atom. The maximum absolute atomic E-state index is 11.8. The molecule has 140 valence electrons. The second kappa shape index (κ2) is 11.1. The lowest BCUT2D eigenvalue weighted by atomic mass is 9.87. The summed E-state index contributed by atoms with van der Waals surface area (Å²) >= 11 is 0. The van der Waals surface area contributed by atoms with Crippen molar-refractivity contribution in [2.75, 3.05) is 40.4 Å². The van der Waals surface area contributed by atoms with Crippen LogP contribution in [0.4, 0.5) is 0 Å². The SMILES string of the molecule is CC1CCCC(NC(=NCC(=O)N(C)C)NCC2CCOC2)C1.I. The highest BCUT2D eigenvalue weighted by Gasteiger charge is 2.21. The van der Waals surface area contributed by atoms with Crippen molar-refractivity contribution in [3.8, 4) is 0 Å². The first-order chi connectivity index (χ1) is 11.0. The molecule has 0 radical (unpaired) electrons. The molecule has 6 nitrogen and oxygen atoms in total. The second-order valence-corrected chi connectivity index (χ2v) is 7.18. The Morgan fingerprint density at radius 3 is 2.71 bits per heavy atom. The van der Waals surface area contributed by atoms with Crippen molar-refractivity contribution in [1.82, 2.24) is 15.5 Å². The van der Waals surface area contributed by atoms with Crippen molar-refractivity contribution >= 4 is 35.8 Å². The molecule has 24 heavy (non-hydrogen) atoms. The maximum atomic E-state index is 11.8. The molecule has 2 rings (SSSR count). The van der Waals surface area contributed by atoms with Crippen LogP contribution in [-0.4, -0.2) is 63.2 Å². The van der Waals surface area contributed by atoms with Gasteiger partial charge in [0.05, 0.1) is 6.61 Å². The van der Waals surface area contributed by atoms with E-state index >= 15 is 0 Å². The number of hydrogen-bond acceptors (Lipinski definition) is 3. The highest BCUT2D eigenvalue weighted by Crippen LogP contribution is 2.23. The third-order valence-corrected chi connectivity index (χ3v) is 4.73. The summed E-state index contributed by atoms with van der Waals surface area (Å²) in [6.45, 7) is 5.02. The van der Waals surface area contributed by atoms with Gasteiger partial charge < -0.3 is 20.3 Å². The van der Waals surface area contributed by atoms with Crippen molar-refractivity contribution in [3.63, 3.8) is 0 Å². The molecule has 0 spiro atoms. The van der Waals surface area contributed by atoms with Crippen molar-refractivity contribution in [2.45, 2.75) is 45.1 Å². The minimum atomic E-state index is 0. The van der Waals surface area contributed by atoms with Gasteiger partial charge in [0.2, 0.25) is 5.91 Å². The molecule has 0 aromatic rings. The average Bonchev–Trinajstić information content (AvgIpc) is 3.03. The molecule has 1 saturated heterocycles. The largest absolute Gasteiger partial charge is 0.381 e. The average molecular weight is 452 g/mol. The molecular weight excluding hydrogens is 419 g/mol. The van der Waals surface area contributed by atoms with Gasteiger partial charge in [-0.15, -0.1) is 24.0 Å². The summed E-state index contributed by atoms with van der Waals surface area (Å²) in [4.78, 5) is 17.9. The first-order valence-electron chi connectivity index (χ1n) is 8.87. The monoisotopic (exact) mass is 452 g/mol. The van der Waals surface area contributed by atoms with Crippen LogP contribution in [0.15, 0.2) is 4.99 Å². The number of halogens is 1. The summed E-state index contributed by atoms with van der Waals surface area (Å²) < 4.78 is 5.42. The van der Waals surface area contributed by atoms with Crippen LogP contribution in [0.5, 0.6) is 0 Å². The summed E-state index contributed by atoms with van der Waals surface area (Å²) in [5, 5.41) is 6.94. The predicted octanol–water partition coefficient (Wildman–Crippen LogP) is 1.84. The van der Waals surface area contributed by atoms with E-state index in [2.05, 4.69) is 22.5 Å². The van der Waals surface area contributed by atoms with Gasteiger partial charge in [-0.1, -0.05) is 19.8 Å². The molecule has 1 heterocycles. The van der Waals surface area contributed by atoms with Crippen LogP contribution in [0, 0.1) is 11.8 Å². The molecule has 3 unspecified atom stereocenters. The van der Waals surface area contributed by atoms with E-state index in [1.54, 1.807) is 19.0 Å². The number of carbonyl (C=O) groups excluding carboxylic acids is 1. The van der Waals surface area contributed by atoms with Gasteiger partial charge in [-0.3, -0.25) is 4.79 Å². The smallest absolute Gasteiger partial charge is 0.243 e. The zero-order valence-corrected chi connectivity index (χ0v) is 17.5. The van der Waals surface area contributed by atoms with Crippen LogP contribution in [0.2, 0.25) is 0 Å². The number of guanidine groups is 1. The summed E-state index contributed by atoms with van der Waals surface area (Å²) in [6.07, 6.45) is 6.03. The number of ether oxygens (including phenoxy) is 1. The van der Waals surface area contributed by atoms with Crippen LogP contribution in [0.25, 0.3) is 0 Å². The first-order valence-corrected chi connectivity index (χ1v) is 8.87. The molecule has 0 aromatic carbocycles. The Kier molecular flexibility index (Phi) is 9.95. The number of amides is 1. The molecule has 2 fully saturated rings. The summed E-state index contributed by atoms with van der Waals surface area (Å²) in [7, 11) is 3.52. The summed E-state index contributed by atoms with van der Waals surface area (Å²) in [6, 6.07) is 0.458. The van der Waals surface area contributed by atoms with Crippen molar-refractivity contribution in [2.24, 2.45) is 16.8 Å². The Labute approximate surface area is 163 Å². The fourth-order valence-electron chi connectivity index (χ4n) is 3.18. The van der Waals surface area contributed by atoms with Gasteiger partial charge in [-0.25, -0.2) is 4.99 Å². The molecule has 3 atom stereocenters. The highest BCUT2D eigenvalue weighted by atomic mass is 127. The lowest BCUT2D eigenvalue weighted by Gasteiger charge is -2.29. The number of rotatable bonds is 5. The Morgan fingerprint density at radius 2 is 2.08 bits per heavy atom. The van der Waals surface area contributed by atoms with E-state index in [1.165, 1.54) is 25.7 Å². The standard InChI is InChI=1S/C17H32N4O2.HI/c1-13-5-4-6-15(9-13)20-17(19-11-16(22)21(2)3)18-10-14-7-8-23-12-14;/h13-15H,4-12H2,1-3H3,(H2,18,19,20);1H. The molecular formula is C17H33IN4O2. The molecule has 7 heteroatoms. The van der Waals surface area contributed by atoms with Gasteiger partial charge in [0.15, 0.2) is 5.96 Å². The van der Waals surface area contributed by atoms with E-state index in [-0.39, 0.29) is 36.4 Å². The van der Waals surface area contributed by atoms with Crippen molar-refractivity contribution in [3.05, 3.63) is 0 Å². The Hall–Kier alpha value is -0.570. The Bertz CT molecular complexity index is 411. The van der Waals surface area contributed by atoms with Gasteiger partial charge >= 0.3 is 0 Å². The number of carbonyl (C=O) groups is 1. The lowest BCUT2D eigenvalue weighted by molar-refractivity contribution is -0.127. The topological polar surface area (TPSA) is 66.0 Å². The first kappa shape index (κ1) is 21.5.